The number of H-pyrrole nitrogens is 2. The van der Waals surface area contributed by atoms with Crippen LogP contribution in [0.1, 0.15) is 127 Å². The molecule has 6 rings (SSSR count). The lowest BCUT2D eigenvalue weighted by Crippen LogP contribution is -2.19. The van der Waals surface area contributed by atoms with Crippen LogP contribution in [0.15, 0.2) is 106 Å². The average Bonchev–Trinajstić information content (AvgIpc) is 3.94. The summed E-state index contributed by atoms with van der Waals surface area (Å²) >= 11 is 0. The number of fused-ring (bicyclic) bond motifs is 5. The van der Waals surface area contributed by atoms with Gasteiger partial charge in [-0.15, -0.1) is 0 Å². The van der Waals surface area contributed by atoms with E-state index in [9.17, 15) is 19.8 Å². The number of unbranched alkanes of at least 4 members (excludes halogenated alkanes) is 6. The largest absolute Gasteiger partial charge is 0.478 e. The van der Waals surface area contributed by atoms with Gasteiger partial charge < -0.3 is 20.2 Å². The van der Waals surface area contributed by atoms with Crippen LogP contribution in [0.5, 0.6) is 0 Å². The number of rotatable bonds is 14. The maximum absolute atomic E-state index is 11.7. The van der Waals surface area contributed by atoms with E-state index in [2.05, 4.69) is 60.2 Å². The summed E-state index contributed by atoms with van der Waals surface area (Å²) in [4.78, 5) is 41.1. The second-order valence-electron chi connectivity index (χ2n) is 13.7. The Bertz CT molecular complexity index is 2140. The zero-order chi connectivity index (χ0) is 36.5. The minimum atomic E-state index is -0.958. The number of carboxylic acid groups (broad SMARTS) is 2. The van der Waals surface area contributed by atoms with E-state index in [-0.39, 0.29) is 17.0 Å². The Hall–Kier alpha value is -5.50. The number of hydrogen-bond donors (Lipinski definition) is 4. The zero-order valence-electron chi connectivity index (χ0n) is 30.1. The molecule has 0 aliphatic carbocycles. The van der Waals surface area contributed by atoms with Crippen molar-refractivity contribution in [1.29, 1.82) is 0 Å². The Balaban J connectivity index is 1.56. The highest BCUT2D eigenvalue weighted by Gasteiger charge is 2.20. The number of hydrogen-bond acceptors (Lipinski definition) is 4. The van der Waals surface area contributed by atoms with Crippen molar-refractivity contribution >= 4 is 35.0 Å². The predicted octanol–water partition coefficient (Wildman–Crippen LogP) is 8.56. The third kappa shape index (κ3) is 8.51. The summed E-state index contributed by atoms with van der Waals surface area (Å²) in [5, 5.41) is 21.1. The van der Waals surface area contributed by atoms with Gasteiger partial charge in [0, 0.05) is 33.9 Å². The summed E-state index contributed by atoms with van der Waals surface area (Å²) in [6.45, 7) is 4.92. The van der Waals surface area contributed by atoms with E-state index in [0.29, 0.717) is 6.54 Å². The molecule has 8 heteroatoms. The van der Waals surface area contributed by atoms with Crippen LogP contribution in [0.4, 0.5) is 0 Å². The van der Waals surface area contributed by atoms with Crippen molar-refractivity contribution in [3.8, 4) is 0 Å². The summed E-state index contributed by atoms with van der Waals surface area (Å²) in [6, 6.07) is 22.6. The third-order valence-corrected chi connectivity index (χ3v) is 9.99. The number of aliphatic imine (C=N–C) groups is 2. The number of allylic oxidation sites excluding steroid dienone is 2. The Morgan fingerprint density at radius 3 is 2.04 bits per heavy atom. The molecule has 268 valence electrons. The second-order valence-corrected chi connectivity index (χ2v) is 13.7. The van der Waals surface area contributed by atoms with Gasteiger partial charge in [0.05, 0.1) is 35.0 Å². The van der Waals surface area contributed by atoms with Gasteiger partial charge >= 0.3 is 11.9 Å². The van der Waals surface area contributed by atoms with Crippen molar-refractivity contribution in [2.75, 3.05) is 6.54 Å². The summed E-state index contributed by atoms with van der Waals surface area (Å²) in [6.07, 6.45) is 16.9. The molecule has 1 unspecified atom stereocenters. The van der Waals surface area contributed by atoms with Crippen molar-refractivity contribution in [1.82, 2.24) is 9.97 Å². The van der Waals surface area contributed by atoms with Crippen LogP contribution in [0.25, 0.3) is 11.1 Å². The minimum Gasteiger partial charge on any atom is -0.478 e. The van der Waals surface area contributed by atoms with E-state index < -0.39 is 11.9 Å². The normalized spacial score (nSPS) is 16.8. The van der Waals surface area contributed by atoms with E-state index in [1.807, 2.05) is 30.5 Å². The lowest BCUT2D eigenvalue weighted by molar-refractivity contribution is 0.0686. The molecule has 2 aliphatic heterocycles. The summed E-state index contributed by atoms with van der Waals surface area (Å²) < 4.78 is 0. The summed E-state index contributed by atoms with van der Waals surface area (Å²) in [5.41, 5.74) is 9.32. The van der Waals surface area contributed by atoms with Crippen LogP contribution < -0.4 is 10.7 Å². The first-order valence-corrected chi connectivity index (χ1v) is 18.6. The first-order valence-electron chi connectivity index (χ1n) is 18.6. The lowest BCUT2D eigenvalue weighted by atomic mass is 9.96. The van der Waals surface area contributed by atoms with Gasteiger partial charge in [-0.1, -0.05) is 76.6 Å². The molecule has 2 aromatic heterocycles. The summed E-state index contributed by atoms with van der Waals surface area (Å²) in [5.74, 6) is -2.11. The van der Waals surface area contributed by atoms with Gasteiger partial charge in [0.1, 0.15) is 0 Å². The standard InChI is InChI=1S/C44H48N4O4/c1-3-5-7-9-11-33-27-45-28-35(29-13-17-31(18-14-29)43(49)50)39-23-22-37(47-39)34(12-10-8-6-4-2)38-24-26-41(48-38)42(40-25-21-36(33)46-40)30-15-19-32(20-16-30)44(51)52/h13-26,28,35,47-48H,3-12,27H2,1-2H3,(H,49,50)(H,51,52)/b36-33?,38-34-,42-41?,45-28?. The lowest BCUT2D eigenvalue weighted by Gasteiger charge is -2.14. The molecule has 2 aromatic carbocycles. The van der Waals surface area contributed by atoms with Gasteiger partial charge in [0.2, 0.25) is 0 Å². The van der Waals surface area contributed by atoms with Gasteiger partial charge in [-0.25, -0.2) is 14.6 Å². The molecule has 4 aromatic rings. The van der Waals surface area contributed by atoms with Gasteiger partial charge in [0.15, 0.2) is 0 Å². The molecule has 0 radical (unpaired) electrons. The molecule has 0 fully saturated rings. The quantitative estimate of drug-likeness (QED) is 0.0984. The molecule has 0 saturated carbocycles. The Kier molecular flexibility index (Phi) is 12.0. The molecule has 4 heterocycles. The topological polar surface area (TPSA) is 131 Å². The average molecular weight is 697 g/mol. The molecule has 2 aliphatic rings. The Morgan fingerprint density at radius 2 is 1.37 bits per heavy atom. The number of benzene rings is 2. The molecule has 6 bridgehead atoms. The number of aromatic amines is 2. The first-order chi connectivity index (χ1) is 25.4. The predicted molar refractivity (Wildman–Crippen MR) is 209 cm³/mol. The molecule has 8 nitrogen and oxygen atoms in total. The van der Waals surface area contributed by atoms with E-state index in [4.69, 9.17) is 9.98 Å². The molecule has 0 amide bonds. The Labute approximate surface area is 305 Å². The number of carboxylic acids is 2. The molecule has 52 heavy (non-hydrogen) atoms. The van der Waals surface area contributed by atoms with Gasteiger partial charge in [-0.2, -0.15) is 0 Å². The molecule has 0 saturated heterocycles. The zero-order valence-corrected chi connectivity index (χ0v) is 30.1. The fraction of sp³-hybridized carbons (Fsp3) is 0.318. The van der Waals surface area contributed by atoms with Gasteiger partial charge in [-0.3, -0.25) is 4.99 Å². The van der Waals surface area contributed by atoms with Crippen molar-refractivity contribution < 1.29 is 19.8 Å². The van der Waals surface area contributed by atoms with Gasteiger partial charge in [0.25, 0.3) is 0 Å². The highest BCUT2D eigenvalue weighted by molar-refractivity contribution is 6.30. The fourth-order valence-corrected chi connectivity index (χ4v) is 7.05. The fourth-order valence-electron chi connectivity index (χ4n) is 7.05. The highest BCUT2D eigenvalue weighted by Crippen LogP contribution is 2.29. The van der Waals surface area contributed by atoms with Crippen LogP contribution in [-0.2, 0) is 0 Å². The van der Waals surface area contributed by atoms with Crippen molar-refractivity contribution in [2.24, 2.45) is 9.98 Å². The van der Waals surface area contributed by atoms with E-state index >= 15 is 0 Å². The Morgan fingerprint density at radius 1 is 0.712 bits per heavy atom. The molecular weight excluding hydrogens is 649 g/mol. The summed E-state index contributed by atoms with van der Waals surface area (Å²) in [7, 11) is 0. The number of nitrogens with one attached hydrogen (secondary N) is 2. The van der Waals surface area contributed by atoms with Crippen molar-refractivity contribution in [3.63, 3.8) is 0 Å². The minimum absolute atomic E-state index is 0.205. The highest BCUT2D eigenvalue weighted by atomic mass is 16.4. The van der Waals surface area contributed by atoms with Gasteiger partial charge in [-0.05, 0) is 109 Å². The molecule has 4 N–H and O–H groups in total. The SMILES string of the molecule is CCCCCCC1=C2C=CC(=N2)C(c2ccc(C(=O)O)cc2)=c2cc/c([nH]2)=C(\CCCCCC)c2ccc([nH]2)C(c2ccc(C(=O)O)cc2)C=NC1. The van der Waals surface area contributed by atoms with Crippen LogP contribution in [0.3, 0.4) is 0 Å². The number of aromatic nitrogens is 2. The number of aromatic carboxylic acids is 2. The van der Waals surface area contributed by atoms with E-state index in [1.54, 1.807) is 24.3 Å². The van der Waals surface area contributed by atoms with Crippen molar-refractivity contribution in [2.45, 2.75) is 84.0 Å². The first kappa shape index (κ1) is 36.3. The van der Waals surface area contributed by atoms with Crippen LogP contribution >= 0.6 is 0 Å². The van der Waals surface area contributed by atoms with E-state index in [1.165, 1.54) is 18.4 Å². The van der Waals surface area contributed by atoms with Crippen molar-refractivity contribution in [3.05, 3.63) is 141 Å². The van der Waals surface area contributed by atoms with Crippen LogP contribution in [-0.4, -0.2) is 50.6 Å². The second kappa shape index (κ2) is 17.1. The molecular formula is C44H48N4O4. The molecule has 0 spiro atoms. The number of nitrogens with zero attached hydrogens (tertiary/aromatic N) is 2. The van der Waals surface area contributed by atoms with Crippen LogP contribution in [0.2, 0.25) is 0 Å². The maximum Gasteiger partial charge on any atom is 0.335 e. The number of carbonyl (C=O) groups is 2. The van der Waals surface area contributed by atoms with E-state index in [0.717, 1.165) is 107 Å². The maximum atomic E-state index is 11.7. The third-order valence-electron chi connectivity index (χ3n) is 9.99. The van der Waals surface area contributed by atoms with Crippen LogP contribution in [0, 0.1) is 0 Å². The monoisotopic (exact) mass is 696 g/mol. The molecule has 1 atom stereocenters. The smallest absolute Gasteiger partial charge is 0.335 e.